The lowest BCUT2D eigenvalue weighted by Gasteiger charge is -2.09. The number of hydrogen-bond acceptors (Lipinski definition) is 8. The molecule has 29 heavy (non-hydrogen) atoms. The molecule has 8 nitrogen and oxygen atoms in total. The molecule has 1 N–H and O–H groups in total. The summed E-state index contributed by atoms with van der Waals surface area (Å²) in [5.74, 6) is 0.860. The van der Waals surface area contributed by atoms with Crippen molar-refractivity contribution in [2.24, 2.45) is 0 Å². The van der Waals surface area contributed by atoms with Crippen molar-refractivity contribution in [2.45, 2.75) is 13.3 Å². The van der Waals surface area contributed by atoms with Crippen LogP contribution in [0.3, 0.4) is 0 Å². The van der Waals surface area contributed by atoms with Crippen LogP contribution in [-0.2, 0) is 6.42 Å². The van der Waals surface area contributed by atoms with Gasteiger partial charge in [0.15, 0.2) is 0 Å². The fraction of sp³-hybridized carbons (Fsp3) is 0.0952. The third-order valence-corrected chi connectivity index (χ3v) is 4.31. The molecule has 0 atom stereocenters. The van der Waals surface area contributed by atoms with Gasteiger partial charge >= 0.3 is 6.01 Å². The first-order valence-electron chi connectivity index (χ1n) is 8.68. The van der Waals surface area contributed by atoms with E-state index in [1.807, 2.05) is 13.0 Å². The fourth-order valence-electron chi connectivity index (χ4n) is 2.85. The minimum Gasteiger partial charge on any atom is -0.464 e. The van der Waals surface area contributed by atoms with Crippen LogP contribution in [0.1, 0.15) is 16.7 Å². The predicted octanol–water partition coefficient (Wildman–Crippen LogP) is 4.40. The van der Waals surface area contributed by atoms with E-state index in [1.54, 1.807) is 36.6 Å². The number of aromatic nitrogens is 3. The number of nitriles is 2. The second-order valence-corrected chi connectivity index (χ2v) is 6.17. The number of nitrogens with zero attached hydrogens (tertiary/aromatic N) is 5. The minimum absolute atomic E-state index is 0.127. The molecule has 0 bridgehead atoms. The second-order valence-electron chi connectivity index (χ2n) is 6.17. The van der Waals surface area contributed by atoms with Crippen molar-refractivity contribution in [3.8, 4) is 23.9 Å². The van der Waals surface area contributed by atoms with Gasteiger partial charge in [-0.1, -0.05) is 0 Å². The monoisotopic (exact) mass is 382 g/mol. The highest BCUT2D eigenvalue weighted by Gasteiger charge is 2.14. The molecule has 2 heterocycles. The molecule has 0 saturated carbocycles. The summed E-state index contributed by atoms with van der Waals surface area (Å²) in [6, 6.07) is 14.9. The van der Waals surface area contributed by atoms with Crippen molar-refractivity contribution in [1.29, 1.82) is 10.5 Å². The number of hydrogen-bond donors (Lipinski definition) is 1. The van der Waals surface area contributed by atoms with Gasteiger partial charge in [0.25, 0.3) is 0 Å². The Labute approximate surface area is 166 Å². The molecule has 0 aliphatic rings. The summed E-state index contributed by atoms with van der Waals surface area (Å²) in [7, 11) is 0. The van der Waals surface area contributed by atoms with Crippen LogP contribution in [0.5, 0.6) is 11.8 Å². The zero-order valence-electron chi connectivity index (χ0n) is 15.4. The van der Waals surface area contributed by atoms with Crippen LogP contribution in [-0.4, -0.2) is 15.0 Å². The molecule has 2 aromatic heterocycles. The Morgan fingerprint density at radius 3 is 2.69 bits per heavy atom. The number of furan rings is 1. The maximum Gasteiger partial charge on any atom is 0.326 e. The summed E-state index contributed by atoms with van der Waals surface area (Å²) in [5.41, 5.74) is 3.59. The van der Waals surface area contributed by atoms with Gasteiger partial charge in [-0.3, -0.25) is 0 Å². The summed E-state index contributed by atoms with van der Waals surface area (Å²) in [6.07, 6.45) is 3.22. The summed E-state index contributed by atoms with van der Waals surface area (Å²) < 4.78 is 11.4. The molecule has 8 heteroatoms. The Kier molecular flexibility index (Phi) is 4.75. The predicted molar refractivity (Wildman–Crippen MR) is 105 cm³/mol. The van der Waals surface area contributed by atoms with Crippen LogP contribution in [0.4, 0.5) is 11.6 Å². The molecule has 0 unspecified atom stereocenters. The molecule has 0 aliphatic carbocycles. The Bertz CT molecular complexity index is 1270. The highest BCUT2D eigenvalue weighted by Crippen LogP contribution is 2.32. The van der Waals surface area contributed by atoms with Gasteiger partial charge in [0.2, 0.25) is 5.95 Å². The lowest BCUT2D eigenvalue weighted by Crippen LogP contribution is -2.01. The van der Waals surface area contributed by atoms with E-state index in [0.29, 0.717) is 22.8 Å². The second kappa shape index (κ2) is 7.67. The molecule has 0 radical (unpaired) electrons. The maximum absolute atomic E-state index is 8.92. The summed E-state index contributed by atoms with van der Waals surface area (Å²) in [4.78, 5) is 12.4. The average Bonchev–Trinajstić information content (AvgIpc) is 3.15. The van der Waals surface area contributed by atoms with Crippen LogP contribution < -0.4 is 10.1 Å². The molecule has 0 amide bonds. The van der Waals surface area contributed by atoms with Crippen LogP contribution in [0.15, 0.2) is 53.4 Å². The first-order valence-corrected chi connectivity index (χ1v) is 8.68. The van der Waals surface area contributed by atoms with Crippen LogP contribution in [0, 0.1) is 29.6 Å². The van der Waals surface area contributed by atoms with Crippen molar-refractivity contribution in [3.63, 3.8) is 0 Å². The third-order valence-electron chi connectivity index (χ3n) is 4.31. The number of aryl methyl sites for hydroxylation is 1. The van der Waals surface area contributed by atoms with Gasteiger partial charge in [-0.05, 0) is 43.3 Å². The molecule has 0 saturated heterocycles. The number of rotatable bonds is 5. The molecule has 0 spiro atoms. The molecular formula is C21H14N6O2. The van der Waals surface area contributed by atoms with Gasteiger partial charge in [-0.25, -0.2) is 4.98 Å². The van der Waals surface area contributed by atoms with E-state index < -0.39 is 0 Å². The van der Waals surface area contributed by atoms with Gasteiger partial charge in [0.05, 0.1) is 30.4 Å². The van der Waals surface area contributed by atoms with Gasteiger partial charge < -0.3 is 14.5 Å². The maximum atomic E-state index is 8.92. The number of fused-ring (bicyclic) bond motifs is 1. The molecule has 140 valence electrons. The molecule has 4 rings (SSSR count). The number of anilines is 2. The Hall–Kier alpha value is -4.43. The SMILES string of the molecule is Cc1c(Oc2ncnc(Nc3ccc(C#N)cc3)n2)ccc2c(CC#N)coc12. The zero-order valence-corrected chi connectivity index (χ0v) is 15.4. The van der Waals surface area contributed by atoms with E-state index in [2.05, 4.69) is 32.4 Å². The minimum atomic E-state index is 0.127. The molecule has 0 aliphatic heterocycles. The van der Waals surface area contributed by atoms with Gasteiger partial charge in [0.1, 0.15) is 17.7 Å². The average molecular weight is 382 g/mol. The first-order chi connectivity index (χ1) is 14.2. The van der Waals surface area contributed by atoms with Crippen LogP contribution in [0.2, 0.25) is 0 Å². The summed E-state index contributed by atoms with van der Waals surface area (Å²) in [5, 5.41) is 21.7. The zero-order chi connectivity index (χ0) is 20.2. The lowest BCUT2D eigenvalue weighted by atomic mass is 10.1. The van der Waals surface area contributed by atoms with E-state index in [9.17, 15) is 0 Å². The van der Waals surface area contributed by atoms with Crippen molar-refractivity contribution in [1.82, 2.24) is 15.0 Å². The van der Waals surface area contributed by atoms with Crippen molar-refractivity contribution < 1.29 is 9.15 Å². The molecule has 0 fully saturated rings. The number of ether oxygens (including phenoxy) is 1. The highest BCUT2D eigenvalue weighted by atomic mass is 16.5. The van der Waals surface area contributed by atoms with E-state index in [0.717, 1.165) is 22.2 Å². The molecule has 2 aromatic carbocycles. The molecule has 4 aromatic rings. The quantitative estimate of drug-likeness (QED) is 0.539. The highest BCUT2D eigenvalue weighted by molar-refractivity contribution is 5.86. The van der Waals surface area contributed by atoms with E-state index in [-0.39, 0.29) is 12.4 Å². The van der Waals surface area contributed by atoms with Gasteiger partial charge in [0, 0.05) is 22.2 Å². The standard InChI is InChI=1S/C21H14N6O2/c1-13-18(7-6-17-15(8-9-22)11-28-19(13)17)29-21-25-12-24-20(27-21)26-16-4-2-14(10-23)3-5-16/h2-7,11-12H,8H2,1H3,(H,24,25,26,27). The number of benzene rings is 2. The smallest absolute Gasteiger partial charge is 0.326 e. The Morgan fingerprint density at radius 2 is 1.93 bits per heavy atom. The van der Waals surface area contributed by atoms with Crippen molar-refractivity contribution in [2.75, 3.05) is 5.32 Å². The largest absolute Gasteiger partial charge is 0.464 e. The number of nitrogens with one attached hydrogen (secondary N) is 1. The van der Waals surface area contributed by atoms with Crippen molar-refractivity contribution in [3.05, 3.63) is 65.7 Å². The lowest BCUT2D eigenvalue weighted by molar-refractivity contribution is 0.437. The molecular weight excluding hydrogens is 368 g/mol. The summed E-state index contributed by atoms with van der Waals surface area (Å²) >= 11 is 0. The fourth-order valence-corrected chi connectivity index (χ4v) is 2.85. The van der Waals surface area contributed by atoms with Gasteiger partial charge in [-0.2, -0.15) is 20.5 Å². The Balaban J connectivity index is 1.57. The van der Waals surface area contributed by atoms with E-state index >= 15 is 0 Å². The normalized spacial score (nSPS) is 10.3. The van der Waals surface area contributed by atoms with E-state index in [1.165, 1.54) is 6.33 Å². The van der Waals surface area contributed by atoms with Crippen LogP contribution >= 0.6 is 0 Å². The van der Waals surface area contributed by atoms with Gasteiger partial charge in [-0.15, -0.1) is 0 Å². The summed E-state index contributed by atoms with van der Waals surface area (Å²) in [6.45, 7) is 1.87. The van der Waals surface area contributed by atoms with Crippen LogP contribution in [0.25, 0.3) is 11.0 Å². The first kappa shape index (κ1) is 18.0. The Morgan fingerprint density at radius 1 is 1.10 bits per heavy atom. The third kappa shape index (κ3) is 3.68. The van der Waals surface area contributed by atoms with E-state index in [4.69, 9.17) is 19.7 Å². The van der Waals surface area contributed by atoms with Crippen molar-refractivity contribution >= 4 is 22.6 Å². The topological polar surface area (TPSA) is 121 Å².